The third kappa shape index (κ3) is 2.40. The third-order valence-electron chi connectivity index (χ3n) is 3.79. The Morgan fingerprint density at radius 3 is 2.50 bits per heavy atom. The molecule has 114 valence electrons. The minimum absolute atomic E-state index is 0.108. The van der Waals surface area contributed by atoms with Gasteiger partial charge in [-0.05, 0) is 30.2 Å². The number of fused-ring (bicyclic) bond motifs is 1. The molecule has 1 aliphatic heterocycles. The first-order chi connectivity index (χ1) is 10.6. The number of benzene rings is 2. The van der Waals surface area contributed by atoms with Gasteiger partial charge in [-0.1, -0.05) is 24.3 Å². The molecule has 2 aromatic carbocycles. The molecule has 0 spiro atoms. The SMILES string of the molecule is COc1ccccc1Oc1cccc2c1N(C)C(=O)[C@H](N)C2. The van der Waals surface area contributed by atoms with Gasteiger partial charge in [0, 0.05) is 7.05 Å². The summed E-state index contributed by atoms with van der Waals surface area (Å²) in [5.41, 5.74) is 7.65. The summed E-state index contributed by atoms with van der Waals surface area (Å²) in [4.78, 5) is 13.7. The van der Waals surface area contributed by atoms with E-state index in [1.54, 1.807) is 19.1 Å². The molecule has 1 aliphatic rings. The van der Waals surface area contributed by atoms with Crippen LogP contribution in [0.15, 0.2) is 42.5 Å². The van der Waals surface area contributed by atoms with E-state index in [4.69, 9.17) is 15.2 Å². The summed E-state index contributed by atoms with van der Waals surface area (Å²) in [5, 5.41) is 0. The van der Waals surface area contributed by atoms with Crippen molar-refractivity contribution in [3.63, 3.8) is 0 Å². The molecule has 1 heterocycles. The Labute approximate surface area is 129 Å². The predicted molar refractivity (Wildman–Crippen MR) is 84.6 cm³/mol. The number of ether oxygens (including phenoxy) is 2. The lowest BCUT2D eigenvalue weighted by atomic mass is 9.97. The highest BCUT2D eigenvalue weighted by Gasteiger charge is 2.30. The average molecular weight is 298 g/mol. The quantitative estimate of drug-likeness (QED) is 0.944. The molecule has 22 heavy (non-hydrogen) atoms. The van der Waals surface area contributed by atoms with Gasteiger partial charge in [-0.15, -0.1) is 0 Å². The number of amides is 1. The zero-order valence-corrected chi connectivity index (χ0v) is 12.6. The van der Waals surface area contributed by atoms with Crippen molar-refractivity contribution in [3.05, 3.63) is 48.0 Å². The molecule has 0 aliphatic carbocycles. The molecule has 2 N–H and O–H groups in total. The van der Waals surface area contributed by atoms with Gasteiger partial charge in [0.05, 0.1) is 18.8 Å². The number of anilines is 1. The molecule has 0 saturated heterocycles. The van der Waals surface area contributed by atoms with Crippen LogP contribution in [0.1, 0.15) is 5.56 Å². The molecule has 1 atom stereocenters. The third-order valence-corrected chi connectivity index (χ3v) is 3.79. The highest BCUT2D eigenvalue weighted by atomic mass is 16.5. The van der Waals surface area contributed by atoms with E-state index in [-0.39, 0.29) is 5.91 Å². The van der Waals surface area contributed by atoms with Crippen molar-refractivity contribution in [2.45, 2.75) is 12.5 Å². The first-order valence-corrected chi connectivity index (χ1v) is 7.07. The normalized spacial score (nSPS) is 17.1. The van der Waals surface area contributed by atoms with Crippen molar-refractivity contribution in [1.82, 2.24) is 0 Å². The van der Waals surface area contributed by atoms with Gasteiger partial charge in [0.1, 0.15) is 0 Å². The van der Waals surface area contributed by atoms with Gasteiger partial charge in [0.15, 0.2) is 17.2 Å². The smallest absolute Gasteiger partial charge is 0.244 e. The van der Waals surface area contributed by atoms with E-state index < -0.39 is 6.04 Å². The van der Waals surface area contributed by atoms with Crippen molar-refractivity contribution in [2.24, 2.45) is 5.73 Å². The number of likely N-dealkylation sites (N-methyl/N-ethyl adjacent to an activating group) is 1. The number of nitrogens with two attached hydrogens (primary N) is 1. The maximum Gasteiger partial charge on any atom is 0.244 e. The van der Waals surface area contributed by atoms with Gasteiger partial charge < -0.3 is 20.1 Å². The van der Waals surface area contributed by atoms with Crippen LogP contribution >= 0.6 is 0 Å². The summed E-state index contributed by atoms with van der Waals surface area (Å²) in [5.74, 6) is 1.75. The van der Waals surface area contributed by atoms with Crippen LogP contribution in [0.5, 0.6) is 17.2 Å². The zero-order chi connectivity index (χ0) is 15.7. The van der Waals surface area contributed by atoms with Crippen LogP contribution in [-0.2, 0) is 11.2 Å². The molecule has 3 rings (SSSR count). The molecular weight excluding hydrogens is 280 g/mol. The molecule has 1 amide bonds. The minimum atomic E-state index is -0.501. The second-order valence-corrected chi connectivity index (χ2v) is 5.22. The number of rotatable bonds is 3. The lowest BCUT2D eigenvalue weighted by Crippen LogP contribution is -2.47. The van der Waals surface area contributed by atoms with Gasteiger partial charge in [0.25, 0.3) is 0 Å². The van der Waals surface area contributed by atoms with E-state index >= 15 is 0 Å². The maximum absolute atomic E-state index is 12.1. The highest BCUT2D eigenvalue weighted by Crippen LogP contribution is 2.40. The fourth-order valence-electron chi connectivity index (χ4n) is 2.70. The van der Waals surface area contributed by atoms with Gasteiger partial charge in [0.2, 0.25) is 5.91 Å². The number of carbonyl (C=O) groups excluding carboxylic acids is 1. The number of hydrogen-bond acceptors (Lipinski definition) is 4. The average Bonchev–Trinajstić information content (AvgIpc) is 2.53. The summed E-state index contributed by atoms with van der Waals surface area (Å²) < 4.78 is 11.3. The van der Waals surface area contributed by atoms with Crippen LogP contribution in [0, 0.1) is 0 Å². The molecular formula is C17H18N2O3. The molecule has 2 aromatic rings. The summed E-state index contributed by atoms with van der Waals surface area (Å²) in [6.45, 7) is 0. The van der Waals surface area contributed by atoms with Crippen LogP contribution in [0.3, 0.4) is 0 Å². The Balaban J connectivity index is 2.03. The lowest BCUT2D eigenvalue weighted by Gasteiger charge is -2.31. The first kappa shape index (κ1) is 14.4. The molecule has 0 bridgehead atoms. The van der Waals surface area contributed by atoms with Crippen LogP contribution in [-0.4, -0.2) is 26.1 Å². The number of carbonyl (C=O) groups is 1. The fraction of sp³-hybridized carbons (Fsp3) is 0.235. The predicted octanol–water partition coefficient (Wildman–Crippen LogP) is 2.33. The van der Waals surface area contributed by atoms with Crippen LogP contribution in [0.4, 0.5) is 5.69 Å². The van der Waals surface area contributed by atoms with Gasteiger partial charge in [-0.2, -0.15) is 0 Å². The van der Waals surface area contributed by atoms with Crippen LogP contribution in [0.25, 0.3) is 0 Å². The minimum Gasteiger partial charge on any atom is -0.493 e. The fourth-order valence-corrected chi connectivity index (χ4v) is 2.70. The van der Waals surface area contributed by atoms with Gasteiger partial charge in [-0.25, -0.2) is 0 Å². The summed E-state index contributed by atoms with van der Waals surface area (Å²) in [7, 11) is 3.31. The van der Waals surface area contributed by atoms with Crippen LogP contribution < -0.4 is 20.1 Å². The highest BCUT2D eigenvalue weighted by molar-refractivity contribution is 6.01. The Bertz CT molecular complexity index is 715. The van der Waals surface area contributed by atoms with E-state index in [9.17, 15) is 4.79 Å². The number of para-hydroxylation sites is 3. The zero-order valence-electron chi connectivity index (χ0n) is 12.6. The Morgan fingerprint density at radius 2 is 1.77 bits per heavy atom. The summed E-state index contributed by atoms with van der Waals surface area (Å²) in [6, 6.07) is 12.6. The standard InChI is InChI=1S/C17H18N2O3/c1-19-16-11(10-12(18)17(19)20)6-5-9-15(16)22-14-8-4-3-7-13(14)21-2/h3-9,12H,10,18H2,1-2H3/t12-/m1/s1. The Morgan fingerprint density at radius 1 is 1.09 bits per heavy atom. The Kier molecular flexibility index (Phi) is 3.73. The van der Waals surface area contributed by atoms with E-state index in [1.807, 2.05) is 42.5 Å². The number of methoxy groups -OCH3 is 1. The molecule has 0 unspecified atom stereocenters. The van der Waals surface area contributed by atoms with Crippen molar-refractivity contribution in [2.75, 3.05) is 19.1 Å². The topological polar surface area (TPSA) is 64.8 Å². The van der Waals surface area contributed by atoms with E-state index in [0.29, 0.717) is 23.7 Å². The van der Waals surface area contributed by atoms with E-state index in [1.165, 1.54) is 0 Å². The molecule has 5 nitrogen and oxygen atoms in total. The number of nitrogens with zero attached hydrogens (tertiary/aromatic N) is 1. The molecule has 0 saturated carbocycles. The summed E-state index contributed by atoms with van der Waals surface area (Å²) >= 11 is 0. The first-order valence-electron chi connectivity index (χ1n) is 7.07. The number of hydrogen-bond donors (Lipinski definition) is 1. The van der Waals surface area contributed by atoms with Crippen molar-refractivity contribution >= 4 is 11.6 Å². The Hall–Kier alpha value is -2.53. The monoisotopic (exact) mass is 298 g/mol. The van der Waals surface area contributed by atoms with E-state index in [2.05, 4.69) is 0 Å². The van der Waals surface area contributed by atoms with Crippen molar-refractivity contribution in [3.8, 4) is 17.2 Å². The van der Waals surface area contributed by atoms with Crippen molar-refractivity contribution in [1.29, 1.82) is 0 Å². The van der Waals surface area contributed by atoms with Gasteiger partial charge >= 0.3 is 0 Å². The maximum atomic E-state index is 12.1. The van der Waals surface area contributed by atoms with Gasteiger partial charge in [-0.3, -0.25) is 4.79 Å². The summed E-state index contributed by atoms with van der Waals surface area (Å²) in [6.07, 6.45) is 0.516. The van der Waals surface area contributed by atoms with E-state index in [0.717, 1.165) is 11.3 Å². The van der Waals surface area contributed by atoms with Crippen molar-refractivity contribution < 1.29 is 14.3 Å². The second kappa shape index (κ2) is 5.69. The second-order valence-electron chi connectivity index (χ2n) is 5.22. The lowest BCUT2D eigenvalue weighted by molar-refractivity contribution is -0.119. The van der Waals surface area contributed by atoms with Crippen LogP contribution in [0.2, 0.25) is 0 Å². The molecule has 0 fully saturated rings. The molecule has 5 heteroatoms. The molecule has 0 aromatic heterocycles. The largest absolute Gasteiger partial charge is 0.493 e. The molecule has 0 radical (unpaired) electrons.